The molecule has 0 heterocycles. The molecule has 1 rings (SSSR count). The van der Waals surface area contributed by atoms with Gasteiger partial charge < -0.3 is 24.1 Å². The second-order valence-electron chi connectivity index (χ2n) is 10.4. The maximum absolute atomic E-state index is 12.6. The molecule has 7 heteroatoms. The fraction of sp³-hybridized carbons (Fsp3) is 0.708. The van der Waals surface area contributed by atoms with Gasteiger partial charge in [0, 0.05) is 26.2 Å². The van der Waals surface area contributed by atoms with Crippen LogP contribution < -0.4 is 5.32 Å². The maximum atomic E-state index is 12.6. The molecule has 1 aromatic carbocycles. The molecule has 0 spiro atoms. The predicted octanol–water partition coefficient (Wildman–Crippen LogP) is 5.05. The number of amides is 1. The van der Waals surface area contributed by atoms with Gasteiger partial charge in [-0.1, -0.05) is 51.1 Å². The summed E-state index contributed by atoms with van der Waals surface area (Å²) >= 11 is 0. The van der Waals surface area contributed by atoms with E-state index in [9.17, 15) is 4.79 Å². The standard InChI is InChI=1S/C24H44N2O4Si/c1-23(2,3)30-22(27)26(17-19-29-31(7,8)24(4,5)6)16-14-25-15-18-28-20-21-12-10-9-11-13-21/h9-13,25H,14-20H2,1-8H3. The van der Waals surface area contributed by atoms with E-state index < -0.39 is 13.9 Å². The maximum Gasteiger partial charge on any atom is 0.410 e. The van der Waals surface area contributed by atoms with Crippen LogP contribution in [-0.4, -0.2) is 64.3 Å². The minimum atomic E-state index is -1.85. The molecule has 0 fully saturated rings. The molecule has 178 valence electrons. The number of benzene rings is 1. The number of nitrogens with zero attached hydrogens (tertiary/aromatic N) is 1. The number of rotatable bonds is 12. The van der Waals surface area contributed by atoms with Crippen molar-refractivity contribution >= 4 is 14.4 Å². The first-order valence-corrected chi connectivity index (χ1v) is 14.2. The summed E-state index contributed by atoms with van der Waals surface area (Å²) in [5.41, 5.74) is 0.647. The Morgan fingerprint density at radius 1 is 0.968 bits per heavy atom. The van der Waals surface area contributed by atoms with Crippen molar-refractivity contribution in [3.8, 4) is 0 Å². The molecular formula is C24H44N2O4Si. The Labute approximate surface area is 190 Å². The topological polar surface area (TPSA) is 60.0 Å². The second kappa shape index (κ2) is 12.6. The van der Waals surface area contributed by atoms with E-state index in [0.29, 0.717) is 39.5 Å². The lowest BCUT2D eigenvalue weighted by atomic mass is 10.2. The number of nitrogens with one attached hydrogen (secondary N) is 1. The fourth-order valence-electron chi connectivity index (χ4n) is 2.50. The van der Waals surface area contributed by atoms with Gasteiger partial charge in [-0.05, 0) is 44.5 Å². The Balaban J connectivity index is 2.41. The molecule has 1 aromatic rings. The highest BCUT2D eigenvalue weighted by Crippen LogP contribution is 2.36. The molecule has 1 N–H and O–H groups in total. The van der Waals surface area contributed by atoms with Crippen LogP contribution in [0.25, 0.3) is 0 Å². The van der Waals surface area contributed by atoms with Crippen molar-refractivity contribution in [2.75, 3.05) is 39.4 Å². The highest BCUT2D eigenvalue weighted by Gasteiger charge is 2.37. The molecule has 0 atom stereocenters. The third kappa shape index (κ3) is 11.7. The van der Waals surface area contributed by atoms with Crippen LogP contribution in [0.4, 0.5) is 4.79 Å². The van der Waals surface area contributed by atoms with Crippen LogP contribution in [0.2, 0.25) is 18.1 Å². The van der Waals surface area contributed by atoms with Crippen molar-refractivity contribution in [1.29, 1.82) is 0 Å². The molecule has 0 aliphatic carbocycles. The SMILES string of the molecule is CC(C)(C)OC(=O)N(CCNCCOCc1ccccc1)CCO[Si](C)(C)C(C)(C)C. The highest BCUT2D eigenvalue weighted by molar-refractivity contribution is 6.74. The lowest BCUT2D eigenvalue weighted by Gasteiger charge is -2.37. The van der Waals surface area contributed by atoms with Crippen LogP contribution in [0.15, 0.2) is 30.3 Å². The smallest absolute Gasteiger partial charge is 0.410 e. The summed E-state index contributed by atoms with van der Waals surface area (Å²) in [5, 5.41) is 3.49. The van der Waals surface area contributed by atoms with E-state index in [0.717, 1.165) is 6.54 Å². The van der Waals surface area contributed by atoms with E-state index in [1.165, 1.54) is 5.56 Å². The molecule has 0 unspecified atom stereocenters. The van der Waals surface area contributed by atoms with E-state index in [1.807, 2.05) is 39.0 Å². The molecule has 0 aliphatic heterocycles. The average Bonchev–Trinajstić information content (AvgIpc) is 2.64. The lowest BCUT2D eigenvalue weighted by Crippen LogP contribution is -2.45. The number of hydrogen-bond acceptors (Lipinski definition) is 5. The summed E-state index contributed by atoms with van der Waals surface area (Å²) in [6.45, 7) is 21.0. The molecule has 0 bridgehead atoms. The van der Waals surface area contributed by atoms with E-state index in [-0.39, 0.29) is 11.1 Å². The normalized spacial score (nSPS) is 12.6. The van der Waals surface area contributed by atoms with E-state index in [4.69, 9.17) is 13.9 Å². The van der Waals surface area contributed by atoms with Gasteiger partial charge in [-0.3, -0.25) is 0 Å². The van der Waals surface area contributed by atoms with Crippen molar-refractivity contribution < 1.29 is 18.7 Å². The molecule has 0 aromatic heterocycles. The molecular weight excluding hydrogens is 408 g/mol. The summed E-state index contributed by atoms with van der Waals surface area (Å²) in [4.78, 5) is 14.4. The van der Waals surface area contributed by atoms with Gasteiger partial charge in [0.2, 0.25) is 0 Å². The first-order valence-electron chi connectivity index (χ1n) is 11.3. The Kier molecular flexibility index (Phi) is 11.2. The molecule has 31 heavy (non-hydrogen) atoms. The van der Waals surface area contributed by atoms with Crippen LogP contribution >= 0.6 is 0 Å². The quantitative estimate of drug-likeness (QED) is 0.355. The molecule has 6 nitrogen and oxygen atoms in total. The third-order valence-corrected chi connectivity index (χ3v) is 9.91. The van der Waals surface area contributed by atoms with Gasteiger partial charge in [0.25, 0.3) is 0 Å². The minimum absolute atomic E-state index is 0.144. The van der Waals surface area contributed by atoms with E-state index in [2.05, 4.69) is 51.3 Å². The average molecular weight is 453 g/mol. The van der Waals surface area contributed by atoms with E-state index >= 15 is 0 Å². The van der Waals surface area contributed by atoms with Gasteiger partial charge in [-0.2, -0.15) is 0 Å². The first-order chi connectivity index (χ1) is 14.3. The molecule has 0 saturated carbocycles. The van der Waals surface area contributed by atoms with Crippen LogP contribution in [0.1, 0.15) is 47.1 Å². The number of carbonyl (C=O) groups excluding carboxylic acids is 1. The van der Waals surface area contributed by atoms with Crippen molar-refractivity contribution in [2.24, 2.45) is 0 Å². The van der Waals surface area contributed by atoms with Gasteiger partial charge in [0.15, 0.2) is 8.32 Å². The molecule has 0 aliphatic rings. The summed E-state index contributed by atoms with van der Waals surface area (Å²) in [7, 11) is -1.85. The zero-order chi connectivity index (χ0) is 23.5. The summed E-state index contributed by atoms with van der Waals surface area (Å²) in [6, 6.07) is 10.1. The second-order valence-corrected chi connectivity index (χ2v) is 15.2. The van der Waals surface area contributed by atoms with Gasteiger partial charge in [0.05, 0.1) is 19.8 Å². The van der Waals surface area contributed by atoms with Gasteiger partial charge in [0.1, 0.15) is 5.60 Å². The number of ether oxygens (including phenoxy) is 2. The Morgan fingerprint density at radius 3 is 2.19 bits per heavy atom. The van der Waals surface area contributed by atoms with Crippen LogP contribution in [0.5, 0.6) is 0 Å². The largest absolute Gasteiger partial charge is 0.444 e. The van der Waals surface area contributed by atoms with Gasteiger partial charge in [-0.25, -0.2) is 4.79 Å². The summed E-state index contributed by atoms with van der Waals surface area (Å²) < 4.78 is 17.5. The number of hydrogen-bond donors (Lipinski definition) is 1. The van der Waals surface area contributed by atoms with Crippen LogP contribution in [0, 0.1) is 0 Å². The zero-order valence-corrected chi connectivity index (χ0v) is 21.9. The summed E-state index contributed by atoms with van der Waals surface area (Å²) in [5.74, 6) is 0. The van der Waals surface area contributed by atoms with Crippen molar-refractivity contribution in [1.82, 2.24) is 10.2 Å². The predicted molar refractivity (Wildman–Crippen MR) is 130 cm³/mol. The molecule has 0 saturated heterocycles. The Bertz CT molecular complexity index is 639. The van der Waals surface area contributed by atoms with E-state index in [1.54, 1.807) is 4.90 Å². The summed E-state index contributed by atoms with van der Waals surface area (Å²) in [6.07, 6.45) is -0.298. The first kappa shape index (κ1) is 27.6. The fourth-order valence-corrected chi connectivity index (χ4v) is 3.53. The molecule has 0 radical (unpaired) electrons. The monoisotopic (exact) mass is 452 g/mol. The number of carbonyl (C=O) groups is 1. The molecule has 1 amide bonds. The highest BCUT2D eigenvalue weighted by atomic mass is 28.4. The Morgan fingerprint density at radius 2 is 1.61 bits per heavy atom. The van der Waals surface area contributed by atoms with Crippen molar-refractivity contribution in [3.63, 3.8) is 0 Å². The van der Waals surface area contributed by atoms with Gasteiger partial charge in [-0.15, -0.1) is 0 Å². The lowest BCUT2D eigenvalue weighted by molar-refractivity contribution is 0.0224. The third-order valence-electron chi connectivity index (χ3n) is 5.38. The van der Waals surface area contributed by atoms with Crippen LogP contribution in [-0.2, 0) is 20.5 Å². The van der Waals surface area contributed by atoms with Crippen molar-refractivity contribution in [2.45, 2.75) is 71.9 Å². The zero-order valence-electron chi connectivity index (χ0n) is 20.9. The van der Waals surface area contributed by atoms with Crippen molar-refractivity contribution in [3.05, 3.63) is 35.9 Å². The van der Waals surface area contributed by atoms with Gasteiger partial charge >= 0.3 is 6.09 Å². The Hall–Kier alpha value is -1.41. The minimum Gasteiger partial charge on any atom is -0.444 e. The van der Waals surface area contributed by atoms with Crippen LogP contribution in [0.3, 0.4) is 0 Å².